The molecule has 1 saturated heterocycles. The zero-order chi connectivity index (χ0) is 21.1. The van der Waals surface area contributed by atoms with Crippen LogP contribution >= 0.6 is 0 Å². The Balaban J connectivity index is 1.64. The van der Waals surface area contributed by atoms with Crippen LogP contribution in [-0.4, -0.2) is 29.9 Å². The quantitative estimate of drug-likeness (QED) is 0.669. The zero-order valence-corrected chi connectivity index (χ0v) is 16.9. The summed E-state index contributed by atoms with van der Waals surface area (Å²) in [5, 5.41) is 2.91. The maximum absolute atomic E-state index is 13.0. The standard InChI is InChI=1S/C23H24N4O3/c1-15-20(26-23(30-15)16-8-4-2-5-9-16)22(29)25-18-14-17(21(24)28)10-11-19(18)27-12-6-3-7-13-27/h2,4-5,8-11,14H,3,6-7,12-13H2,1H3,(H2,24,28)(H,25,29). The number of piperidine rings is 1. The van der Waals surface area contributed by atoms with Gasteiger partial charge in [0.25, 0.3) is 5.91 Å². The van der Waals surface area contributed by atoms with Crippen molar-refractivity contribution in [3.63, 3.8) is 0 Å². The van der Waals surface area contributed by atoms with Gasteiger partial charge in [0.05, 0.1) is 11.4 Å². The first kappa shape index (κ1) is 19.7. The van der Waals surface area contributed by atoms with Crippen molar-refractivity contribution in [1.82, 2.24) is 4.98 Å². The summed E-state index contributed by atoms with van der Waals surface area (Å²) in [6.45, 7) is 3.51. The number of nitrogens with two attached hydrogens (primary N) is 1. The highest BCUT2D eigenvalue weighted by atomic mass is 16.4. The normalized spacial score (nSPS) is 13.8. The van der Waals surface area contributed by atoms with Crippen molar-refractivity contribution < 1.29 is 14.0 Å². The summed E-state index contributed by atoms with van der Waals surface area (Å²) in [5.41, 5.74) is 8.22. The minimum Gasteiger partial charge on any atom is -0.441 e. The van der Waals surface area contributed by atoms with Crippen LogP contribution in [0.25, 0.3) is 11.5 Å². The van der Waals surface area contributed by atoms with Gasteiger partial charge < -0.3 is 20.4 Å². The predicted octanol–water partition coefficient (Wildman–Crippen LogP) is 3.99. The van der Waals surface area contributed by atoms with E-state index in [1.54, 1.807) is 19.1 Å². The molecule has 0 atom stereocenters. The third kappa shape index (κ3) is 4.05. The van der Waals surface area contributed by atoms with E-state index in [4.69, 9.17) is 10.2 Å². The van der Waals surface area contributed by atoms with Crippen LogP contribution in [0.15, 0.2) is 52.9 Å². The Hall–Kier alpha value is -3.61. The summed E-state index contributed by atoms with van der Waals surface area (Å²) in [6.07, 6.45) is 3.37. The number of nitrogens with one attached hydrogen (secondary N) is 1. The van der Waals surface area contributed by atoms with Crippen LogP contribution in [-0.2, 0) is 0 Å². The molecule has 3 N–H and O–H groups in total. The molecule has 0 saturated carbocycles. The number of hydrogen-bond acceptors (Lipinski definition) is 5. The van der Waals surface area contributed by atoms with Crippen molar-refractivity contribution in [2.45, 2.75) is 26.2 Å². The molecule has 2 aromatic carbocycles. The van der Waals surface area contributed by atoms with Crippen LogP contribution < -0.4 is 16.0 Å². The highest BCUT2D eigenvalue weighted by molar-refractivity contribution is 6.06. The molecule has 0 aliphatic carbocycles. The van der Waals surface area contributed by atoms with Crippen molar-refractivity contribution in [3.8, 4) is 11.5 Å². The second kappa shape index (κ2) is 8.41. The van der Waals surface area contributed by atoms with Gasteiger partial charge in [-0.2, -0.15) is 0 Å². The molecule has 0 bridgehead atoms. The minimum absolute atomic E-state index is 0.211. The summed E-state index contributed by atoms with van der Waals surface area (Å²) in [4.78, 5) is 31.3. The van der Waals surface area contributed by atoms with Gasteiger partial charge in [-0.1, -0.05) is 18.2 Å². The molecular weight excluding hydrogens is 380 g/mol. The lowest BCUT2D eigenvalue weighted by atomic mass is 10.1. The second-order valence-corrected chi connectivity index (χ2v) is 7.39. The van der Waals surface area contributed by atoms with Gasteiger partial charge in [-0.15, -0.1) is 0 Å². The summed E-state index contributed by atoms with van der Waals surface area (Å²) in [5.74, 6) is -0.115. The number of hydrogen-bond donors (Lipinski definition) is 2. The zero-order valence-electron chi connectivity index (χ0n) is 16.9. The van der Waals surface area contributed by atoms with Crippen LogP contribution in [0.1, 0.15) is 45.9 Å². The molecule has 2 amide bonds. The summed E-state index contributed by atoms with van der Waals surface area (Å²) in [6, 6.07) is 14.6. The lowest BCUT2D eigenvalue weighted by Gasteiger charge is -2.30. The number of anilines is 2. The fourth-order valence-electron chi connectivity index (χ4n) is 3.69. The minimum atomic E-state index is -0.542. The number of carbonyl (C=O) groups is 2. The summed E-state index contributed by atoms with van der Waals surface area (Å²) < 4.78 is 5.71. The fourth-order valence-corrected chi connectivity index (χ4v) is 3.69. The molecular formula is C23H24N4O3. The van der Waals surface area contributed by atoms with Crippen LogP contribution in [0.4, 0.5) is 11.4 Å². The third-order valence-corrected chi connectivity index (χ3v) is 5.26. The lowest BCUT2D eigenvalue weighted by Crippen LogP contribution is -2.30. The SMILES string of the molecule is Cc1oc(-c2ccccc2)nc1C(=O)Nc1cc(C(N)=O)ccc1N1CCCCC1. The van der Waals surface area contributed by atoms with Crippen molar-refractivity contribution in [2.75, 3.05) is 23.3 Å². The number of rotatable bonds is 5. The lowest BCUT2D eigenvalue weighted by molar-refractivity contribution is 0.0995. The topological polar surface area (TPSA) is 101 Å². The summed E-state index contributed by atoms with van der Waals surface area (Å²) in [7, 11) is 0. The maximum Gasteiger partial charge on any atom is 0.277 e. The molecule has 0 unspecified atom stereocenters. The van der Waals surface area contributed by atoms with E-state index in [1.165, 1.54) is 6.42 Å². The molecule has 3 aromatic rings. The van der Waals surface area contributed by atoms with Gasteiger partial charge in [-0.25, -0.2) is 4.98 Å². The van der Waals surface area contributed by atoms with Gasteiger partial charge >= 0.3 is 0 Å². The summed E-state index contributed by atoms with van der Waals surface area (Å²) >= 11 is 0. The first-order chi connectivity index (χ1) is 14.5. The Labute approximate surface area is 174 Å². The van der Waals surface area contributed by atoms with Crippen LogP contribution in [0.5, 0.6) is 0 Å². The highest BCUT2D eigenvalue weighted by Gasteiger charge is 2.22. The number of primary amides is 1. The van der Waals surface area contributed by atoms with Crippen LogP contribution in [0.2, 0.25) is 0 Å². The number of oxazole rings is 1. The van der Waals surface area contributed by atoms with E-state index in [0.717, 1.165) is 37.2 Å². The van der Waals surface area contributed by atoms with E-state index in [1.807, 2.05) is 36.4 Å². The van der Waals surface area contributed by atoms with Gasteiger partial charge in [0.2, 0.25) is 11.8 Å². The monoisotopic (exact) mass is 404 g/mol. The van der Waals surface area contributed by atoms with Crippen LogP contribution in [0, 0.1) is 6.92 Å². The predicted molar refractivity (Wildman–Crippen MR) is 116 cm³/mol. The molecule has 0 spiro atoms. The number of nitrogens with zero attached hydrogens (tertiary/aromatic N) is 2. The molecule has 1 aliphatic rings. The second-order valence-electron chi connectivity index (χ2n) is 7.39. The largest absolute Gasteiger partial charge is 0.441 e. The maximum atomic E-state index is 13.0. The van der Waals surface area contributed by atoms with E-state index in [0.29, 0.717) is 22.9 Å². The molecule has 1 aliphatic heterocycles. The molecule has 4 rings (SSSR count). The van der Waals surface area contributed by atoms with Crippen molar-refractivity contribution in [1.29, 1.82) is 0 Å². The Morgan fingerprint density at radius 3 is 2.50 bits per heavy atom. The van der Waals surface area contributed by atoms with E-state index in [2.05, 4.69) is 15.2 Å². The first-order valence-corrected chi connectivity index (χ1v) is 10.1. The fraction of sp³-hybridized carbons (Fsp3) is 0.261. The molecule has 154 valence electrons. The third-order valence-electron chi connectivity index (χ3n) is 5.26. The molecule has 2 heterocycles. The average Bonchev–Trinajstić information content (AvgIpc) is 3.16. The van der Waals surface area contributed by atoms with Crippen molar-refractivity contribution >= 4 is 23.2 Å². The average molecular weight is 404 g/mol. The van der Waals surface area contributed by atoms with Crippen LogP contribution in [0.3, 0.4) is 0 Å². The van der Waals surface area contributed by atoms with E-state index < -0.39 is 11.8 Å². The number of carbonyl (C=O) groups excluding carboxylic acids is 2. The molecule has 1 aromatic heterocycles. The van der Waals surface area contributed by atoms with Gasteiger partial charge in [-0.05, 0) is 56.5 Å². The molecule has 0 radical (unpaired) electrons. The van der Waals surface area contributed by atoms with Gasteiger partial charge in [-0.3, -0.25) is 9.59 Å². The molecule has 7 heteroatoms. The Morgan fingerprint density at radius 1 is 1.07 bits per heavy atom. The molecule has 30 heavy (non-hydrogen) atoms. The van der Waals surface area contributed by atoms with Gasteiger partial charge in [0, 0.05) is 24.2 Å². The van der Waals surface area contributed by atoms with E-state index in [-0.39, 0.29) is 5.69 Å². The van der Waals surface area contributed by atoms with Crippen molar-refractivity contribution in [3.05, 3.63) is 65.5 Å². The number of benzene rings is 2. The first-order valence-electron chi connectivity index (χ1n) is 10.1. The molecule has 7 nitrogen and oxygen atoms in total. The van der Waals surface area contributed by atoms with Gasteiger partial charge in [0.1, 0.15) is 5.76 Å². The molecule has 1 fully saturated rings. The highest BCUT2D eigenvalue weighted by Crippen LogP contribution is 2.31. The van der Waals surface area contributed by atoms with Gasteiger partial charge in [0.15, 0.2) is 5.69 Å². The number of amides is 2. The van der Waals surface area contributed by atoms with E-state index in [9.17, 15) is 9.59 Å². The smallest absolute Gasteiger partial charge is 0.277 e. The van der Waals surface area contributed by atoms with Crippen molar-refractivity contribution in [2.24, 2.45) is 5.73 Å². The van der Waals surface area contributed by atoms with E-state index >= 15 is 0 Å². The number of aryl methyl sites for hydroxylation is 1. The Kier molecular flexibility index (Phi) is 5.52. The number of aromatic nitrogens is 1. The Bertz CT molecular complexity index is 1070. The Morgan fingerprint density at radius 2 is 1.80 bits per heavy atom.